The van der Waals surface area contributed by atoms with Crippen LogP contribution in [0.4, 0.5) is 0 Å². The minimum absolute atomic E-state index is 0.00923. The van der Waals surface area contributed by atoms with Crippen LogP contribution in [0, 0.1) is 5.92 Å². The van der Waals surface area contributed by atoms with Gasteiger partial charge in [0.15, 0.2) is 0 Å². The van der Waals surface area contributed by atoms with Gasteiger partial charge in [-0.2, -0.15) is 0 Å². The van der Waals surface area contributed by atoms with Gasteiger partial charge in [-0.1, -0.05) is 26.8 Å². The van der Waals surface area contributed by atoms with Crippen LogP contribution in [0.2, 0.25) is 0 Å². The minimum Gasteiger partial charge on any atom is -0.381 e. The zero-order valence-electron chi connectivity index (χ0n) is 18.2. The number of fused-ring (bicyclic) bond motifs is 1. The Morgan fingerprint density at radius 2 is 2.03 bits per heavy atom. The first-order chi connectivity index (χ1) is 14.3. The third kappa shape index (κ3) is 5.65. The van der Waals surface area contributed by atoms with Crippen molar-refractivity contribution in [1.29, 1.82) is 0 Å². The van der Waals surface area contributed by atoms with E-state index in [2.05, 4.69) is 37.4 Å². The summed E-state index contributed by atoms with van der Waals surface area (Å²) in [7, 11) is 0. The molecule has 164 valence electrons. The smallest absolute Gasteiger partial charge is 0.240 e. The van der Waals surface area contributed by atoms with Crippen LogP contribution in [0.1, 0.15) is 62.9 Å². The molecule has 6 nitrogen and oxygen atoms in total. The molecule has 1 saturated heterocycles. The topological polar surface area (TPSA) is 94.3 Å². The molecular weight excluding hydrogens is 398 g/mol. The number of hydrogen-bond donors (Lipinski definition) is 2. The second-order valence-electron chi connectivity index (χ2n) is 8.63. The average molecular weight is 432 g/mol. The molecule has 1 aliphatic heterocycles. The summed E-state index contributed by atoms with van der Waals surface area (Å²) in [4.78, 5) is 29.6. The van der Waals surface area contributed by atoms with E-state index >= 15 is 0 Å². The lowest BCUT2D eigenvalue weighted by Gasteiger charge is -2.32. The highest BCUT2D eigenvalue weighted by atomic mass is 32.1. The number of ketones is 1. The maximum Gasteiger partial charge on any atom is 0.240 e. The Kier molecular flexibility index (Phi) is 7.60. The highest BCUT2D eigenvalue weighted by Crippen LogP contribution is 2.28. The van der Waals surface area contributed by atoms with E-state index in [0.717, 1.165) is 10.5 Å². The molecule has 1 amide bonds. The summed E-state index contributed by atoms with van der Waals surface area (Å²) in [5, 5.41) is 4.01. The van der Waals surface area contributed by atoms with Crippen LogP contribution in [0.5, 0.6) is 0 Å². The number of ether oxygens (including phenoxy) is 1. The fraction of sp³-hybridized carbons (Fsp3) is 0.609. The Morgan fingerprint density at radius 1 is 1.30 bits per heavy atom. The molecule has 2 heterocycles. The van der Waals surface area contributed by atoms with Gasteiger partial charge in [0.1, 0.15) is 5.78 Å². The molecule has 1 aromatic carbocycles. The lowest BCUT2D eigenvalue weighted by molar-refractivity contribution is -0.130. The van der Waals surface area contributed by atoms with Crippen molar-refractivity contribution in [2.24, 2.45) is 11.7 Å². The predicted octanol–water partition coefficient (Wildman–Crippen LogP) is 3.57. The summed E-state index contributed by atoms with van der Waals surface area (Å²) in [5.74, 6) is 0.533. The van der Waals surface area contributed by atoms with Crippen molar-refractivity contribution in [3.8, 4) is 0 Å². The third-order valence-electron chi connectivity index (χ3n) is 5.89. The molecule has 0 saturated carbocycles. The van der Waals surface area contributed by atoms with Crippen LogP contribution in [0.3, 0.4) is 0 Å². The molecule has 1 atom stereocenters. The largest absolute Gasteiger partial charge is 0.381 e. The van der Waals surface area contributed by atoms with Gasteiger partial charge in [0, 0.05) is 39.0 Å². The normalized spacial score (nSPS) is 17.2. The molecule has 0 bridgehead atoms. The van der Waals surface area contributed by atoms with Crippen LogP contribution >= 0.6 is 11.3 Å². The van der Waals surface area contributed by atoms with Crippen LogP contribution in [-0.2, 0) is 20.7 Å². The Labute approximate surface area is 182 Å². The Morgan fingerprint density at radius 3 is 2.70 bits per heavy atom. The first kappa shape index (κ1) is 22.8. The number of amides is 1. The van der Waals surface area contributed by atoms with Gasteiger partial charge in [-0.3, -0.25) is 9.59 Å². The van der Waals surface area contributed by atoms with E-state index < -0.39 is 5.54 Å². The highest BCUT2D eigenvalue weighted by molar-refractivity contribution is 7.18. The summed E-state index contributed by atoms with van der Waals surface area (Å²) < 4.78 is 6.50. The molecule has 3 N–H and O–H groups in total. The third-order valence-corrected chi connectivity index (χ3v) is 6.93. The molecule has 3 rings (SSSR count). The Balaban J connectivity index is 1.69. The van der Waals surface area contributed by atoms with Gasteiger partial charge >= 0.3 is 0 Å². The second kappa shape index (κ2) is 9.98. The van der Waals surface area contributed by atoms with Crippen molar-refractivity contribution >= 4 is 33.2 Å². The number of benzene rings is 1. The first-order valence-corrected chi connectivity index (χ1v) is 11.7. The van der Waals surface area contributed by atoms with Crippen molar-refractivity contribution in [2.45, 2.75) is 64.3 Å². The van der Waals surface area contributed by atoms with E-state index in [1.165, 1.54) is 10.3 Å². The molecule has 2 aromatic rings. The van der Waals surface area contributed by atoms with Crippen molar-refractivity contribution in [2.75, 3.05) is 19.8 Å². The van der Waals surface area contributed by atoms with Gasteiger partial charge in [-0.25, -0.2) is 4.98 Å². The maximum atomic E-state index is 12.7. The zero-order chi connectivity index (χ0) is 21.7. The number of rotatable bonds is 9. The Hall–Kier alpha value is -1.83. The number of carbonyl (C=O) groups is 2. The van der Waals surface area contributed by atoms with Gasteiger partial charge in [0.2, 0.25) is 5.91 Å². The number of Topliss-reactive ketones (excluding diaryl/α,β-unsaturated/α-hetero) is 1. The quantitative estimate of drug-likeness (QED) is 0.633. The van der Waals surface area contributed by atoms with Gasteiger partial charge in [0.05, 0.1) is 20.8 Å². The summed E-state index contributed by atoms with van der Waals surface area (Å²) in [5.41, 5.74) is 7.71. The van der Waals surface area contributed by atoms with Gasteiger partial charge in [-0.15, -0.1) is 11.3 Å². The van der Waals surface area contributed by atoms with E-state index in [0.29, 0.717) is 57.8 Å². The van der Waals surface area contributed by atoms with E-state index in [9.17, 15) is 9.59 Å². The van der Waals surface area contributed by atoms with Crippen LogP contribution in [0.15, 0.2) is 18.2 Å². The molecule has 7 heteroatoms. The maximum absolute atomic E-state index is 12.7. The molecule has 0 spiro atoms. The van der Waals surface area contributed by atoms with Crippen LogP contribution < -0.4 is 11.1 Å². The van der Waals surface area contributed by atoms with Gasteiger partial charge in [-0.05, 0) is 42.4 Å². The number of nitrogens with two attached hydrogens (primary N) is 1. The van der Waals surface area contributed by atoms with E-state index in [4.69, 9.17) is 15.5 Å². The highest BCUT2D eigenvalue weighted by Gasteiger charge is 2.36. The average Bonchev–Trinajstić information content (AvgIpc) is 3.13. The van der Waals surface area contributed by atoms with Crippen LogP contribution in [-0.4, -0.2) is 42.0 Å². The second-order valence-corrected chi connectivity index (χ2v) is 9.75. The number of aromatic nitrogens is 1. The summed E-state index contributed by atoms with van der Waals surface area (Å²) in [6.07, 6.45) is 2.65. The fourth-order valence-electron chi connectivity index (χ4n) is 3.74. The molecule has 1 aliphatic rings. The van der Waals surface area contributed by atoms with Crippen molar-refractivity contribution in [3.05, 3.63) is 28.8 Å². The number of nitrogens with zero attached hydrogens (tertiary/aromatic N) is 1. The van der Waals surface area contributed by atoms with E-state index in [-0.39, 0.29) is 17.6 Å². The zero-order valence-corrected chi connectivity index (χ0v) is 19.0. The van der Waals surface area contributed by atoms with E-state index in [1.54, 1.807) is 11.3 Å². The SMILES string of the molecule is CCC(=O)C[C@H](CNC(=O)C1(N)CCOCC1)Cc1nc2ccc(C(C)C)cc2s1. The number of thiazole rings is 1. The van der Waals surface area contributed by atoms with Gasteiger partial charge < -0.3 is 15.8 Å². The minimum atomic E-state index is -0.874. The molecule has 1 aromatic heterocycles. The van der Waals surface area contributed by atoms with Crippen molar-refractivity contribution in [1.82, 2.24) is 10.3 Å². The standard InChI is InChI=1S/C23H33N3O3S/c1-4-18(27)11-16(14-25-22(28)23(24)7-9-29-10-8-23)12-21-26-19-6-5-17(15(2)3)13-20(19)30-21/h5-6,13,15-16H,4,7-12,14,24H2,1-3H3,(H,25,28)/t16-/m0/s1. The van der Waals surface area contributed by atoms with Crippen molar-refractivity contribution in [3.63, 3.8) is 0 Å². The van der Waals surface area contributed by atoms with E-state index in [1.807, 2.05) is 6.92 Å². The Bertz CT molecular complexity index is 887. The van der Waals surface area contributed by atoms with Crippen molar-refractivity contribution < 1.29 is 14.3 Å². The fourth-order valence-corrected chi connectivity index (χ4v) is 4.87. The summed E-state index contributed by atoms with van der Waals surface area (Å²) in [6, 6.07) is 6.41. The van der Waals surface area contributed by atoms with Crippen LogP contribution in [0.25, 0.3) is 10.2 Å². The van der Waals surface area contributed by atoms with Gasteiger partial charge in [0.25, 0.3) is 0 Å². The summed E-state index contributed by atoms with van der Waals surface area (Å²) in [6.45, 7) is 7.68. The number of nitrogens with one attached hydrogen (secondary N) is 1. The monoisotopic (exact) mass is 431 g/mol. The molecule has 0 radical (unpaired) electrons. The molecule has 0 aliphatic carbocycles. The lowest BCUT2D eigenvalue weighted by Crippen LogP contribution is -2.57. The summed E-state index contributed by atoms with van der Waals surface area (Å²) >= 11 is 1.68. The number of carbonyl (C=O) groups excluding carboxylic acids is 2. The lowest BCUT2D eigenvalue weighted by atomic mass is 9.90. The molecular formula is C23H33N3O3S. The predicted molar refractivity (Wildman–Crippen MR) is 121 cm³/mol. The molecule has 30 heavy (non-hydrogen) atoms. The number of hydrogen-bond acceptors (Lipinski definition) is 6. The first-order valence-electron chi connectivity index (χ1n) is 10.9. The molecule has 1 fully saturated rings. The molecule has 0 unspecified atom stereocenters.